The number of nitrogens with one attached hydrogen (secondary N) is 1. The van der Waals surface area contributed by atoms with E-state index in [2.05, 4.69) is 16.3 Å². The summed E-state index contributed by atoms with van der Waals surface area (Å²) >= 11 is 0. The van der Waals surface area contributed by atoms with Crippen LogP contribution in [0.25, 0.3) is 0 Å². The first-order chi connectivity index (χ1) is 9.53. The topological polar surface area (TPSA) is 58.4 Å². The average molecular weight is 275 g/mol. The second-order valence-corrected chi connectivity index (χ2v) is 6.22. The molecule has 1 saturated carbocycles. The lowest BCUT2D eigenvalue weighted by Crippen LogP contribution is -2.40. The van der Waals surface area contributed by atoms with Crippen LogP contribution in [0.2, 0.25) is 0 Å². The molecular formula is C16H25N3O. The average Bonchev–Trinajstić information content (AvgIpc) is 2.33. The Morgan fingerprint density at radius 1 is 1.40 bits per heavy atom. The summed E-state index contributed by atoms with van der Waals surface area (Å²) in [6.07, 6.45) is 3.90. The Morgan fingerprint density at radius 2 is 2.15 bits per heavy atom. The molecule has 0 bridgehead atoms. The minimum atomic E-state index is 0.0608. The summed E-state index contributed by atoms with van der Waals surface area (Å²) in [4.78, 5) is 14.2. The molecule has 4 heteroatoms. The number of nitrogens with two attached hydrogens (primary N) is 1. The van der Waals surface area contributed by atoms with Crippen LogP contribution in [0, 0.1) is 5.41 Å². The van der Waals surface area contributed by atoms with Gasteiger partial charge >= 0.3 is 0 Å². The molecule has 1 fully saturated rings. The maximum absolute atomic E-state index is 12.1. The zero-order valence-electron chi connectivity index (χ0n) is 12.5. The molecule has 1 aliphatic carbocycles. The third-order valence-corrected chi connectivity index (χ3v) is 4.09. The van der Waals surface area contributed by atoms with E-state index in [1.54, 1.807) is 0 Å². The first kappa shape index (κ1) is 15.0. The predicted octanol–water partition coefficient (Wildman–Crippen LogP) is 2.21. The van der Waals surface area contributed by atoms with Crippen LogP contribution in [0.4, 0.5) is 5.69 Å². The van der Waals surface area contributed by atoms with Crippen LogP contribution < -0.4 is 11.1 Å². The lowest BCUT2D eigenvalue weighted by Gasteiger charge is -2.40. The molecule has 0 aliphatic heterocycles. The monoisotopic (exact) mass is 275 g/mol. The second-order valence-electron chi connectivity index (χ2n) is 6.22. The number of nitrogens with zero attached hydrogens (tertiary/aromatic N) is 1. The van der Waals surface area contributed by atoms with Crippen LogP contribution in [0.3, 0.4) is 0 Å². The zero-order valence-corrected chi connectivity index (χ0v) is 12.5. The highest BCUT2D eigenvalue weighted by Gasteiger charge is 2.37. The van der Waals surface area contributed by atoms with Crippen LogP contribution in [0.1, 0.15) is 31.2 Å². The number of amides is 1. The lowest BCUT2D eigenvalue weighted by atomic mass is 9.66. The van der Waals surface area contributed by atoms with Gasteiger partial charge in [-0.05, 0) is 56.6 Å². The van der Waals surface area contributed by atoms with Gasteiger partial charge in [-0.25, -0.2) is 0 Å². The Hall–Kier alpha value is -1.39. The van der Waals surface area contributed by atoms with Crippen LogP contribution in [0.5, 0.6) is 0 Å². The lowest BCUT2D eigenvalue weighted by molar-refractivity contribution is -0.119. The molecule has 110 valence electrons. The van der Waals surface area contributed by atoms with Gasteiger partial charge in [0.15, 0.2) is 0 Å². The van der Waals surface area contributed by atoms with Crippen molar-refractivity contribution in [3.8, 4) is 0 Å². The van der Waals surface area contributed by atoms with Crippen molar-refractivity contribution in [2.45, 2.75) is 32.2 Å². The van der Waals surface area contributed by atoms with Gasteiger partial charge in [0.05, 0.1) is 0 Å². The SMILES string of the molecule is CN(C)Cc1cccc(NC(=O)CC2(CN)CCC2)c1. The minimum absolute atomic E-state index is 0.0608. The van der Waals surface area contributed by atoms with Crippen LogP contribution in [-0.4, -0.2) is 31.4 Å². The summed E-state index contributed by atoms with van der Waals surface area (Å²) in [6, 6.07) is 8.03. The molecule has 0 saturated heterocycles. The third-order valence-electron chi connectivity index (χ3n) is 4.09. The summed E-state index contributed by atoms with van der Waals surface area (Å²) in [5, 5.41) is 3.00. The van der Waals surface area contributed by atoms with Crippen molar-refractivity contribution < 1.29 is 4.79 Å². The van der Waals surface area contributed by atoms with Crippen molar-refractivity contribution in [1.29, 1.82) is 0 Å². The normalized spacial score (nSPS) is 16.8. The molecule has 2 rings (SSSR count). The molecule has 0 aromatic heterocycles. The molecule has 20 heavy (non-hydrogen) atoms. The van der Waals surface area contributed by atoms with Crippen molar-refractivity contribution in [1.82, 2.24) is 4.90 Å². The summed E-state index contributed by atoms with van der Waals surface area (Å²) in [7, 11) is 4.07. The molecule has 0 atom stereocenters. The van der Waals surface area contributed by atoms with E-state index in [-0.39, 0.29) is 11.3 Å². The maximum atomic E-state index is 12.1. The summed E-state index contributed by atoms with van der Waals surface area (Å²) in [6.45, 7) is 1.48. The van der Waals surface area contributed by atoms with E-state index in [9.17, 15) is 4.79 Å². The van der Waals surface area contributed by atoms with Gasteiger partial charge in [-0.2, -0.15) is 0 Å². The van der Waals surface area contributed by atoms with E-state index in [1.165, 1.54) is 12.0 Å². The second kappa shape index (κ2) is 6.37. The summed E-state index contributed by atoms with van der Waals surface area (Å²) < 4.78 is 0. The van der Waals surface area contributed by atoms with Crippen molar-refractivity contribution in [2.24, 2.45) is 11.1 Å². The molecule has 4 nitrogen and oxygen atoms in total. The Balaban J connectivity index is 1.93. The van der Waals surface area contributed by atoms with Gasteiger partial charge in [-0.15, -0.1) is 0 Å². The van der Waals surface area contributed by atoms with E-state index in [1.807, 2.05) is 32.3 Å². The fourth-order valence-corrected chi connectivity index (χ4v) is 2.79. The van der Waals surface area contributed by atoms with Crippen LogP contribution in [-0.2, 0) is 11.3 Å². The fourth-order valence-electron chi connectivity index (χ4n) is 2.79. The summed E-state index contributed by atoms with van der Waals surface area (Å²) in [5.74, 6) is 0.0807. The van der Waals surface area contributed by atoms with E-state index >= 15 is 0 Å². The first-order valence-electron chi connectivity index (χ1n) is 7.27. The first-order valence-corrected chi connectivity index (χ1v) is 7.27. The number of rotatable bonds is 6. The number of anilines is 1. The van der Waals surface area contributed by atoms with Crippen LogP contribution >= 0.6 is 0 Å². The van der Waals surface area contributed by atoms with Gasteiger partial charge < -0.3 is 16.0 Å². The van der Waals surface area contributed by atoms with E-state index in [0.717, 1.165) is 25.1 Å². The predicted molar refractivity (Wildman–Crippen MR) is 82.4 cm³/mol. The number of hydrogen-bond acceptors (Lipinski definition) is 3. The highest BCUT2D eigenvalue weighted by Crippen LogP contribution is 2.43. The van der Waals surface area contributed by atoms with Gasteiger partial charge in [-0.3, -0.25) is 4.79 Å². The third kappa shape index (κ3) is 3.81. The molecule has 0 radical (unpaired) electrons. The number of hydrogen-bond donors (Lipinski definition) is 2. The smallest absolute Gasteiger partial charge is 0.224 e. The van der Waals surface area contributed by atoms with Crippen molar-refractivity contribution in [2.75, 3.05) is 26.0 Å². The molecule has 3 N–H and O–H groups in total. The molecule has 1 amide bonds. The standard InChI is InChI=1S/C16H25N3O/c1-19(2)11-13-5-3-6-14(9-13)18-15(20)10-16(12-17)7-4-8-16/h3,5-6,9H,4,7-8,10-12,17H2,1-2H3,(H,18,20). The van der Waals surface area contributed by atoms with Gasteiger partial charge in [0.1, 0.15) is 0 Å². The Kier molecular flexibility index (Phi) is 4.78. The summed E-state index contributed by atoms with van der Waals surface area (Å²) in [5.41, 5.74) is 7.94. The Labute approximate surface area is 121 Å². The van der Waals surface area contributed by atoms with Gasteiger partial charge in [0.25, 0.3) is 0 Å². The van der Waals surface area contributed by atoms with E-state index < -0.39 is 0 Å². The van der Waals surface area contributed by atoms with E-state index in [4.69, 9.17) is 5.73 Å². The molecule has 1 aromatic rings. The molecule has 0 unspecified atom stereocenters. The quantitative estimate of drug-likeness (QED) is 0.837. The number of benzene rings is 1. The Bertz CT molecular complexity index is 461. The Morgan fingerprint density at radius 3 is 2.70 bits per heavy atom. The molecular weight excluding hydrogens is 250 g/mol. The molecule has 0 spiro atoms. The van der Waals surface area contributed by atoms with Crippen LogP contribution in [0.15, 0.2) is 24.3 Å². The minimum Gasteiger partial charge on any atom is -0.330 e. The van der Waals surface area contributed by atoms with Gasteiger partial charge in [0.2, 0.25) is 5.91 Å². The zero-order chi connectivity index (χ0) is 14.6. The molecule has 1 aliphatic rings. The number of carbonyl (C=O) groups is 1. The number of carbonyl (C=O) groups excluding carboxylic acids is 1. The van der Waals surface area contributed by atoms with Crippen molar-refractivity contribution >= 4 is 11.6 Å². The van der Waals surface area contributed by atoms with Gasteiger partial charge in [0, 0.05) is 18.7 Å². The molecule has 1 aromatic carbocycles. The van der Waals surface area contributed by atoms with Gasteiger partial charge in [-0.1, -0.05) is 18.6 Å². The fraction of sp³-hybridized carbons (Fsp3) is 0.562. The highest BCUT2D eigenvalue weighted by molar-refractivity contribution is 5.91. The van der Waals surface area contributed by atoms with E-state index in [0.29, 0.717) is 13.0 Å². The largest absolute Gasteiger partial charge is 0.330 e. The highest BCUT2D eigenvalue weighted by atomic mass is 16.1. The molecule has 0 heterocycles. The van der Waals surface area contributed by atoms with Crippen molar-refractivity contribution in [3.05, 3.63) is 29.8 Å². The maximum Gasteiger partial charge on any atom is 0.224 e. The van der Waals surface area contributed by atoms with Crippen molar-refractivity contribution in [3.63, 3.8) is 0 Å².